The minimum atomic E-state index is -0.141. The van der Waals surface area contributed by atoms with Gasteiger partial charge in [-0.05, 0) is 36.4 Å². The minimum Gasteiger partial charge on any atom is -0.493 e. The summed E-state index contributed by atoms with van der Waals surface area (Å²) in [4.78, 5) is 31.1. The third-order valence-electron chi connectivity index (χ3n) is 5.87. The van der Waals surface area contributed by atoms with Crippen LogP contribution in [-0.2, 0) is 11.3 Å². The van der Waals surface area contributed by atoms with Gasteiger partial charge in [0.1, 0.15) is 0 Å². The van der Waals surface area contributed by atoms with Gasteiger partial charge >= 0.3 is 0 Å². The average molecular weight is 437 g/mol. The number of piperazine rings is 1. The summed E-state index contributed by atoms with van der Waals surface area (Å²) < 4.78 is 10.7. The van der Waals surface area contributed by atoms with Crippen molar-refractivity contribution < 1.29 is 14.3 Å². The molecule has 3 aromatic rings. The lowest BCUT2D eigenvalue weighted by Crippen LogP contribution is -2.48. The second kappa shape index (κ2) is 9.21. The molecule has 4 rings (SSSR count). The summed E-state index contributed by atoms with van der Waals surface area (Å²) in [6, 6.07) is 13.6. The van der Waals surface area contributed by atoms with Crippen molar-refractivity contribution in [2.24, 2.45) is 0 Å². The number of amides is 1. The van der Waals surface area contributed by atoms with E-state index in [2.05, 4.69) is 27.3 Å². The van der Waals surface area contributed by atoms with Gasteiger partial charge < -0.3 is 29.6 Å². The van der Waals surface area contributed by atoms with Crippen LogP contribution in [-0.4, -0.2) is 56.2 Å². The molecule has 0 radical (unpaired) electrons. The Labute approximate surface area is 186 Å². The molecule has 8 heteroatoms. The van der Waals surface area contributed by atoms with Crippen LogP contribution < -0.4 is 25.2 Å². The average Bonchev–Trinajstić information content (AvgIpc) is 2.82. The Kier molecular flexibility index (Phi) is 6.20. The van der Waals surface area contributed by atoms with Crippen LogP contribution in [0.5, 0.6) is 11.5 Å². The van der Waals surface area contributed by atoms with Gasteiger partial charge in [-0.25, -0.2) is 0 Å². The number of ether oxygens (including phenoxy) is 2. The summed E-state index contributed by atoms with van der Waals surface area (Å²) >= 11 is 0. The summed E-state index contributed by atoms with van der Waals surface area (Å²) in [6.07, 6.45) is 0. The van der Waals surface area contributed by atoms with Crippen molar-refractivity contribution in [1.29, 1.82) is 0 Å². The van der Waals surface area contributed by atoms with E-state index in [0.717, 1.165) is 42.9 Å². The van der Waals surface area contributed by atoms with Crippen molar-refractivity contribution in [1.82, 2.24) is 9.88 Å². The van der Waals surface area contributed by atoms with Crippen molar-refractivity contribution in [3.63, 3.8) is 0 Å². The van der Waals surface area contributed by atoms with Crippen molar-refractivity contribution in [2.75, 3.05) is 50.6 Å². The molecule has 1 aromatic heterocycles. The van der Waals surface area contributed by atoms with Gasteiger partial charge in [0.15, 0.2) is 11.5 Å². The Bertz CT molecular complexity index is 1170. The highest BCUT2D eigenvalue weighted by Gasteiger charge is 2.18. The fourth-order valence-electron chi connectivity index (χ4n) is 3.98. The zero-order chi connectivity index (χ0) is 22.7. The summed E-state index contributed by atoms with van der Waals surface area (Å²) in [5.41, 5.74) is 3.25. The maximum absolute atomic E-state index is 12.5. The number of anilines is 2. The molecule has 0 atom stereocenters. The molecule has 8 nitrogen and oxygen atoms in total. The maximum atomic E-state index is 12.5. The SMILES string of the molecule is COc1cc2cc(CNc3ccc(N4CCN(C(C)=O)CC4)cc3)c(=O)[nH]c2cc1OC. The van der Waals surface area contributed by atoms with E-state index in [-0.39, 0.29) is 11.5 Å². The van der Waals surface area contributed by atoms with Crippen LogP contribution in [0.1, 0.15) is 12.5 Å². The van der Waals surface area contributed by atoms with Crippen molar-refractivity contribution >= 4 is 28.2 Å². The summed E-state index contributed by atoms with van der Waals surface area (Å²) in [5.74, 6) is 1.32. The highest BCUT2D eigenvalue weighted by atomic mass is 16.5. The van der Waals surface area contributed by atoms with Gasteiger partial charge in [-0.2, -0.15) is 0 Å². The molecule has 2 N–H and O–H groups in total. The lowest BCUT2D eigenvalue weighted by atomic mass is 10.1. The smallest absolute Gasteiger partial charge is 0.253 e. The van der Waals surface area contributed by atoms with Gasteiger partial charge in [0.2, 0.25) is 5.91 Å². The number of hydrogen-bond acceptors (Lipinski definition) is 6. The Morgan fingerprint density at radius 1 is 1.00 bits per heavy atom. The number of carbonyl (C=O) groups is 1. The van der Waals surface area contributed by atoms with Crippen molar-refractivity contribution in [2.45, 2.75) is 13.5 Å². The van der Waals surface area contributed by atoms with Crippen LogP contribution in [0.4, 0.5) is 11.4 Å². The standard InChI is InChI=1S/C24H28N4O4/c1-16(29)27-8-10-28(11-9-27)20-6-4-19(5-7-20)25-15-18-12-17-13-22(31-2)23(32-3)14-21(17)26-24(18)30/h4-7,12-14,25H,8-11,15H2,1-3H3,(H,26,30). The number of carbonyl (C=O) groups excluding carboxylic acids is 1. The monoisotopic (exact) mass is 436 g/mol. The van der Waals surface area contributed by atoms with Gasteiger partial charge in [-0.1, -0.05) is 0 Å². The van der Waals surface area contributed by atoms with E-state index >= 15 is 0 Å². The number of benzene rings is 2. The minimum absolute atomic E-state index is 0.130. The van der Waals surface area contributed by atoms with Crippen LogP contribution >= 0.6 is 0 Å². The van der Waals surface area contributed by atoms with Gasteiger partial charge in [0, 0.05) is 68.0 Å². The molecule has 0 aliphatic carbocycles. The fraction of sp³-hybridized carbons (Fsp3) is 0.333. The number of aromatic amines is 1. The Balaban J connectivity index is 1.43. The molecule has 0 unspecified atom stereocenters. The van der Waals surface area contributed by atoms with Crippen LogP contribution in [0.15, 0.2) is 47.3 Å². The van der Waals surface area contributed by atoms with Crippen LogP contribution in [0.25, 0.3) is 10.9 Å². The van der Waals surface area contributed by atoms with Gasteiger partial charge in [-0.3, -0.25) is 9.59 Å². The molecule has 32 heavy (non-hydrogen) atoms. The molecule has 1 fully saturated rings. The molecular formula is C24H28N4O4. The number of pyridine rings is 1. The van der Waals surface area contributed by atoms with E-state index in [9.17, 15) is 9.59 Å². The third-order valence-corrected chi connectivity index (χ3v) is 5.87. The third kappa shape index (κ3) is 4.49. The van der Waals surface area contributed by atoms with E-state index in [1.165, 1.54) is 0 Å². The molecule has 0 spiro atoms. The van der Waals surface area contributed by atoms with E-state index in [4.69, 9.17) is 9.47 Å². The van der Waals surface area contributed by atoms with E-state index < -0.39 is 0 Å². The largest absolute Gasteiger partial charge is 0.493 e. The number of hydrogen-bond donors (Lipinski definition) is 2. The predicted octanol–water partition coefficient (Wildman–Crippen LogP) is 2.83. The molecule has 0 saturated carbocycles. The highest BCUT2D eigenvalue weighted by Crippen LogP contribution is 2.31. The Morgan fingerprint density at radius 3 is 2.28 bits per heavy atom. The van der Waals surface area contributed by atoms with Crippen LogP contribution in [0.2, 0.25) is 0 Å². The molecular weight excluding hydrogens is 408 g/mol. The number of methoxy groups -OCH3 is 2. The molecule has 2 aromatic carbocycles. The second-order valence-electron chi connectivity index (χ2n) is 7.81. The van der Waals surface area contributed by atoms with E-state index in [1.54, 1.807) is 27.2 Å². The number of aromatic nitrogens is 1. The lowest BCUT2D eigenvalue weighted by Gasteiger charge is -2.35. The highest BCUT2D eigenvalue weighted by molar-refractivity contribution is 5.83. The van der Waals surface area contributed by atoms with Gasteiger partial charge in [0.25, 0.3) is 5.56 Å². The predicted molar refractivity (Wildman–Crippen MR) is 126 cm³/mol. The molecule has 0 bridgehead atoms. The Morgan fingerprint density at radius 2 is 1.66 bits per heavy atom. The normalized spacial score (nSPS) is 13.8. The first kappa shape index (κ1) is 21.5. The molecule has 1 saturated heterocycles. The number of rotatable bonds is 6. The number of fused-ring (bicyclic) bond motifs is 1. The molecule has 1 aliphatic rings. The molecule has 1 aliphatic heterocycles. The van der Waals surface area contributed by atoms with E-state index in [0.29, 0.717) is 29.1 Å². The quantitative estimate of drug-likeness (QED) is 0.618. The topological polar surface area (TPSA) is 86.9 Å². The lowest BCUT2D eigenvalue weighted by molar-refractivity contribution is -0.129. The first-order chi connectivity index (χ1) is 15.5. The summed E-state index contributed by atoms with van der Waals surface area (Å²) in [7, 11) is 3.15. The van der Waals surface area contributed by atoms with E-state index in [1.807, 2.05) is 29.2 Å². The van der Waals surface area contributed by atoms with Gasteiger partial charge in [-0.15, -0.1) is 0 Å². The number of nitrogens with zero attached hydrogens (tertiary/aromatic N) is 2. The maximum Gasteiger partial charge on any atom is 0.253 e. The number of H-pyrrole nitrogens is 1. The number of nitrogens with one attached hydrogen (secondary N) is 2. The van der Waals surface area contributed by atoms with Crippen molar-refractivity contribution in [3.8, 4) is 11.5 Å². The van der Waals surface area contributed by atoms with Crippen LogP contribution in [0, 0.1) is 0 Å². The Hall–Kier alpha value is -3.68. The molecule has 168 valence electrons. The van der Waals surface area contributed by atoms with Gasteiger partial charge in [0.05, 0.1) is 19.7 Å². The molecule has 2 heterocycles. The summed E-state index contributed by atoms with van der Waals surface area (Å²) in [6.45, 7) is 5.16. The van der Waals surface area contributed by atoms with Crippen molar-refractivity contribution in [3.05, 3.63) is 58.4 Å². The fourth-order valence-corrected chi connectivity index (χ4v) is 3.98. The summed E-state index contributed by atoms with van der Waals surface area (Å²) in [5, 5.41) is 4.20. The first-order valence-corrected chi connectivity index (χ1v) is 10.6. The zero-order valence-corrected chi connectivity index (χ0v) is 18.6. The first-order valence-electron chi connectivity index (χ1n) is 10.6. The second-order valence-corrected chi connectivity index (χ2v) is 7.81. The zero-order valence-electron chi connectivity index (χ0n) is 18.6. The van der Waals surface area contributed by atoms with Crippen LogP contribution in [0.3, 0.4) is 0 Å². The molecule has 1 amide bonds.